The van der Waals surface area contributed by atoms with Crippen LogP contribution in [0.5, 0.6) is 0 Å². The average Bonchev–Trinajstić information content (AvgIpc) is 3.85. The maximum atomic E-state index is 6.45. The third-order valence-corrected chi connectivity index (χ3v) is 12.0. The third kappa shape index (κ3) is 5.36. The predicted molar refractivity (Wildman–Crippen MR) is 249 cm³/mol. The molecule has 0 radical (unpaired) electrons. The first-order valence-electron chi connectivity index (χ1n) is 20.2. The minimum Gasteiger partial charge on any atom is -0.455 e. The Labute approximate surface area is 341 Å². The summed E-state index contributed by atoms with van der Waals surface area (Å²) >= 11 is 0. The van der Waals surface area contributed by atoms with E-state index in [1.165, 1.54) is 48.9 Å². The van der Waals surface area contributed by atoms with Crippen molar-refractivity contribution in [1.82, 2.24) is 4.57 Å². The SMILES string of the molecule is c1cc(-c2ccccc2-n2c3ccccc3c3ccccc32)cc(N(c2ccc(-c3cccc4c3oc3ccccc34)cc2)c2ccc3c(ccc4ccccc43)c2)c1. The summed E-state index contributed by atoms with van der Waals surface area (Å²) in [5.74, 6) is 0. The second kappa shape index (κ2) is 13.4. The van der Waals surface area contributed by atoms with Crippen molar-refractivity contribution in [2.45, 2.75) is 0 Å². The van der Waals surface area contributed by atoms with Crippen molar-refractivity contribution in [3.63, 3.8) is 0 Å². The molecule has 2 aromatic heterocycles. The molecule has 0 N–H and O–H groups in total. The fourth-order valence-corrected chi connectivity index (χ4v) is 9.26. The molecule has 0 fully saturated rings. The van der Waals surface area contributed by atoms with E-state index in [0.29, 0.717) is 0 Å². The number of aromatic nitrogens is 1. The van der Waals surface area contributed by atoms with Crippen LogP contribution in [-0.2, 0) is 0 Å². The lowest BCUT2D eigenvalue weighted by atomic mass is 9.99. The van der Waals surface area contributed by atoms with Crippen LogP contribution < -0.4 is 4.90 Å². The Kier molecular flexibility index (Phi) is 7.54. The minimum atomic E-state index is 0.904. The van der Waals surface area contributed by atoms with Gasteiger partial charge in [0.2, 0.25) is 0 Å². The van der Waals surface area contributed by atoms with Gasteiger partial charge in [-0.15, -0.1) is 0 Å². The molecule has 12 aromatic rings. The lowest BCUT2D eigenvalue weighted by molar-refractivity contribution is 0.670. The summed E-state index contributed by atoms with van der Waals surface area (Å²) in [6.07, 6.45) is 0. The zero-order chi connectivity index (χ0) is 38.9. The minimum absolute atomic E-state index is 0.904. The average molecular weight is 753 g/mol. The molecule has 3 nitrogen and oxygen atoms in total. The highest BCUT2D eigenvalue weighted by Crippen LogP contribution is 2.43. The first-order valence-corrected chi connectivity index (χ1v) is 20.2. The molecule has 10 aromatic carbocycles. The summed E-state index contributed by atoms with van der Waals surface area (Å²) in [4.78, 5) is 2.38. The molecule has 0 saturated heterocycles. The van der Waals surface area contributed by atoms with E-state index in [2.05, 4.69) is 216 Å². The number of fused-ring (bicyclic) bond motifs is 9. The Bertz CT molecular complexity index is 3520. The quantitative estimate of drug-likeness (QED) is 0.158. The van der Waals surface area contributed by atoms with Crippen LogP contribution in [0.25, 0.3) is 93.2 Å². The van der Waals surface area contributed by atoms with Gasteiger partial charge in [-0.3, -0.25) is 0 Å². The summed E-state index contributed by atoms with van der Waals surface area (Å²) in [5.41, 5.74) is 13.1. The van der Waals surface area contributed by atoms with E-state index in [1.807, 2.05) is 12.1 Å². The molecule has 0 bridgehead atoms. The van der Waals surface area contributed by atoms with Gasteiger partial charge >= 0.3 is 0 Å². The summed E-state index contributed by atoms with van der Waals surface area (Å²) in [5, 5.41) is 9.72. The molecule has 0 amide bonds. The fraction of sp³-hybridized carbons (Fsp3) is 0. The van der Waals surface area contributed by atoms with Gasteiger partial charge in [0.25, 0.3) is 0 Å². The van der Waals surface area contributed by atoms with Gasteiger partial charge in [0, 0.05) is 49.7 Å². The third-order valence-electron chi connectivity index (χ3n) is 12.0. The summed E-state index contributed by atoms with van der Waals surface area (Å²) in [7, 11) is 0. The van der Waals surface area contributed by atoms with E-state index in [1.54, 1.807) is 0 Å². The van der Waals surface area contributed by atoms with Crippen molar-refractivity contribution in [3.8, 4) is 27.9 Å². The second-order valence-corrected chi connectivity index (χ2v) is 15.3. The van der Waals surface area contributed by atoms with Gasteiger partial charge in [-0.25, -0.2) is 0 Å². The van der Waals surface area contributed by atoms with Crippen molar-refractivity contribution >= 4 is 82.4 Å². The molecule has 12 rings (SSSR count). The lowest BCUT2D eigenvalue weighted by Gasteiger charge is -2.27. The monoisotopic (exact) mass is 752 g/mol. The molecular formula is C56H36N2O. The fourth-order valence-electron chi connectivity index (χ4n) is 9.26. The Morgan fingerprint density at radius 2 is 0.932 bits per heavy atom. The van der Waals surface area contributed by atoms with Crippen LogP contribution in [0, 0.1) is 0 Å². The highest BCUT2D eigenvalue weighted by atomic mass is 16.3. The largest absolute Gasteiger partial charge is 0.455 e. The first-order chi connectivity index (χ1) is 29.3. The molecule has 0 saturated carbocycles. The van der Waals surface area contributed by atoms with Gasteiger partial charge in [0.1, 0.15) is 11.2 Å². The Hall–Kier alpha value is -7.88. The molecule has 0 aliphatic heterocycles. The lowest BCUT2D eigenvalue weighted by Crippen LogP contribution is -2.10. The number of anilines is 3. The summed E-state index contributed by atoms with van der Waals surface area (Å²) < 4.78 is 8.87. The van der Waals surface area contributed by atoms with Gasteiger partial charge in [-0.1, -0.05) is 158 Å². The Balaban J connectivity index is 1.02. The van der Waals surface area contributed by atoms with Crippen LogP contribution in [0.15, 0.2) is 223 Å². The molecule has 0 spiro atoms. The van der Waals surface area contributed by atoms with E-state index in [-0.39, 0.29) is 0 Å². The number of rotatable bonds is 6. The Morgan fingerprint density at radius 3 is 1.76 bits per heavy atom. The highest BCUT2D eigenvalue weighted by molar-refractivity contribution is 6.11. The Morgan fingerprint density at radius 1 is 0.339 bits per heavy atom. The second-order valence-electron chi connectivity index (χ2n) is 15.3. The molecule has 0 unspecified atom stereocenters. The van der Waals surface area contributed by atoms with Crippen molar-refractivity contribution in [3.05, 3.63) is 218 Å². The van der Waals surface area contributed by atoms with Crippen LogP contribution in [0.4, 0.5) is 17.1 Å². The van der Waals surface area contributed by atoms with Gasteiger partial charge in [0.15, 0.2) is 0 Å². The van der Waals surface area contributed by atoms with Gasteiger partial charge in [-0.2, -0.15) is 0 Å². The van der Waals surface area contributed by atoms with Gasteiger partial charge in [0.05, 0.1) is 16.7 Å². The van der Waals surface area contributed by atoms with Crippen molar-refractivity contribution < 1.29 is 4.42 Å². The van der Waals surface area contributed by atoms with E-state index in [4.69, 9.17) is 4.42 Å². The van der Waals surface area contributed by atoms with E-state index in [9.17, 15) is 0 Å². The van der Waals surface area contributed by atoms with Crippen molar-refractivity contribution in [2.75, 3.05) is 4.90 Å². The summed E-state index contributed by atoms with van der Waals surface area (Å²) in [6.45, 7) is 0. The van der Waals surface area contributed by atoms with Crippen molar-refractivity contribution in [1.29, 1.82) is 0 Å². The molecular weight excluding hydrogens is 717 g/mol. The number of para-hydroxylation sites is 5. The predicted octanol–water partition coefficient (Wildman–Crippen LogP) is 15.8. The van der Waals surface area contributed by atoms with E-state index in [0.717, 1.165) is 61.4 Å². The van der Waals surface area contributed by atoms with Crippen LogP contribution >= 0.6 is 0 Å². The number of furan rings is 1. The molecule has 0 aliphatic rings. The van der Waals surface area contributed by atoms with Gasteiger partial charge in [-0.05, 0) is 93.3 Å². The van der Waals surface area contributed by atoms with E-state index < -0.39 is 0 Å². The number of hydrogen-bond donors (Lipinski definition) is 0. The molecule has 0 atom stereocenters. The van der Waals surface area contributed by atoms with E-state index >= 15 is 0 Å². The number of hydrogen-bond acceptors (Lipinski definition) is 2. The molecule has 2 heterocycles. The molecule has 59 heavy (non-hydrogen) atoms. The molecule has 3 heteroatoms. The normalized spacial score (nSPS) is 11.7. The number of nitrogens with zero attached hydrogens (tertiary/aromatic N) is 2. The highest BCUT2D eigenvalue weighted by Gasteiger charge is 2.19. The zero-order valence-electron chi connectivity index (χ0n) is 32.1. The van der Waals surface area contributed by atoms with Crippen molar-refractivity contribution in [2.24, 2.45) is 0 Å². The topological polar surface area (TPSA) is 21.3 Å². The molecule has 276 valence electrons. The number of benzene rings is 10. The maximum absolute atomic E-state index is 6.45. The van der Waals surface area contributed by atoms with Crippen LogP contribution in [-0.4, -0.2) is 4.57 Å². The smallest absolute Gasteiger partial charge is 0.143 e. The van der Waals surface area contributed by atoms with Crippen LogP contribution in [0.1, 0.15) is 0 Å². The van der Waals surface area contributed by atoms with Crippen LogP contribution in [0.3, 0.4) is 0 Å². The van der Waals surface area contributed by atoms with Crippen LogP contribution in [0.2, 0.25) is 0 Å². The summed E-state index contributed by atoms with van der Waals surface area (Å²) in [6, 6.07) is 78.8. The molecule has 0 aliphatic carbocycles. The zero-order valence-corrected chi connectivity index (χ0v) is 32.1. The first kappa shape index (κ1) is 33.3. The standard InChI is InChI=1S/C56H36N2O/c1-2-16-44-37(13-1)27-28-40-36-43(33-34-45(40)44)57(41-31-29-38(30-32-41)47-21-12-22-51-50-20-6-10-26-55(50)59-56(47)51)42-15-11-14-39(35-42)46-17-3-7-23-52(46)58-53-24-8-4-18-48(53)49-19-5-9-25-54(49)58/h1-36H. The maximum Gasteiger partial charge on any atom is 0.143 e. The van der Waals surface area contributed by atoms with Gasteiger partial charge < -0.3 is 13.9 Å².